The van der Waals surface area contributed by atoms with Crippen molar-refractivity contribution in [2.24, 2.45) is 0 Å². The third kappa shape index (κ3) is 3.65. The van der Waals surface area contributed by atoms with Crippen LogP contribution in [0.3, 0.4) is 0 Å². The van der Waals surface area contributed by atoms with Gasteiger partial charge in [0.15, 0.2) is 11.6 Å². The Morgan fingerprint density at radius 3 is 1.96 bits per heavy atom. The zero-order valence-electron chi connectivity index (χ0n) is 16.2. The highest BCUT2D eigenvalue weighted by atomic mass is 79.9. The molecule has 28 heavy (non-hydrogen) atoms. The third-order valence-corrected chi connectivity index (χ3v) is 5.26. The second-order valence-corrected chi connectivity index (χ2v) is 8.77. The molecule has 1 heterocycles. The largest absolute Gasteiger partial charge is 0.275 e. The molecule has 140 valence electrons. The molecular weight excluding hydrogens is 410 g/mol. The Balaban J connectivity index is 1.89. The van der Waals surface area contributed by atoms with Gasteiger partial charge in [-0.2, -0.15) is 0 Å². The van der Waals surface area contributed by atoms with Gasteiger partial charge in [0, 0.05) is 21.3 Å². The van der Waals surface area contributed by atoms with Gasteiger partial charge in [0.1, 0.15) is 0 Å². The number of rotatable bonds is 3. The van der Waals surface area contributed by atoms with Crippen LogP contribution < -0.4 is 0 Å². The maximum absolute atomic E-state index is 4.56. The molecule has 0 atom stereocenters. The first-order chi connectivity index (χ1) is 13.4. The Kier molecular flexibility index (Phi) is 4.90. The first-order valence-corrected chi connectivity index (χ1v) is 10.1. The lowest BCUT2D eigenvalue weighted by atomic mass is 9.86. The number of para-hydroxylation sites is 1. The van der Waals surface area contributed by atoms with Crippen LogP contribution in [-0.2, 0) is 5.41 Å². The lowest BCUT2D eigenvalue weighted by Crippen LogP contribution is -2.10. The van der Waals surface area contributed by atoms with Gasteiger partial charge in [0.2, 0.25) is 0 Å². The molecule has 4 aromatic rings. The smallest absolute Gasteiger partial charge is 0.168 e. The van der Waals surface area contributed by atoms with E-state index in [0.717, 1.165) is 32.9 Å². The van der Waals surface area contributed by atoms with Gasteiger partial charge < -0.3 is 0 Å². The third-order valence-electron chi connectivity index (χ3n) is 4.77. The Hall–Kier alpha value is -2.72. The molecule has 0 N–H and O–H groups in total. The fourth-order valence-corrected chi connectivity index (χ4v) is 3.63. The second-order valence-electron chi connectivity index (χ2n) is 7.86. The van der Waals surface area contributed by atoms with E-state index in [9.17, 15) is 0 Å². The maximum Gasteiger partial charge on any atom is 0.168 e. The van der Waals surface area contributed by atoms with E-state index in [1.54, 1.807) is 0 Å². The zero-order chi connectivity index (χ0) is 19.7. The highest BCUT2D eigenvalue weighted by molar-refractivity contribution is 9.10. The second kappa shape index (κ2) is 7.36. The molecule has 3 nitrogen and oxygen atoms in total. The van der Waals surface area contributed by atoms with Crippen LogP contribution in [0.5, 0.6) is 0 Å². The molecule has 0 saturated heterocycles. The summed E-state index contributed by atoms with van der Waals surface area (Å²) in [6.45, 7) is 6.67. The number of halogens is 1. The number of aromatic nitrogens is 3. The number of hydrogen-bond acceptors (Lipinski definition) is 2. The quantitative estimate of drug-likeness (QED) is 0.362. The van der Waals surface area contributed by atoms with Gasteiger partial charge >= 0.3 is 0 Å². The standard InChI is InChI=1S/C24H22BrN3/c1-24(2,3)19-14-12-17(13-15-19)22-26-27-23(18-8-7-9-20(25)16-18)28(22)21-10-5-4-6-11-21/h4-16H,1-3H3. The SMILES string of the molecule is CC(C)(C)c1ccc(-c2nnc(-c3cccc(Br)c3)n2-c2ccccc2)cc1. The minimum Gasteiger partial charge on any atom is -0.275 e. The first-order valence-electron chi connectivity index (χ1n) is 9.31. The van der Waals surface area contributed by atoms with E-state index in [2.05, 4.69) is 100.0 Å². The molecule has 0 bridgehead atoms. The number of nitrogens with zero attached hydrogens (tertiary/aromatic N) is 3. The summed E-state index contributed by atoms with van der Waals surface area (Å²) in [5.41, 5.74) is 4.52. The molecular formula is C24H22BrN3. The van der Waals surface area contributed by atoms with Crippen LogP contribution in [0, 0.1) is 0 Å². The molecule has 0 aliphatic heterocycles. The summed E-state index contributed by atoms with van der Waals surface area (Å²) in [6.07, 6.45) is 0. The van der Waals surface area contributed by atoms with Crippen molar-refractivity contribution in [2.45, 2.75) is 26.2 Å². The predicted octanol–water partition coefficient (Wildman–Crippen LogP) is 6.66. The fourth-order valence-electron chi connectivity index (χ4n) is 3.23. The minimum atomic E-state index is 0.118. The molecule has 3 aromatic carbocycles. The Morgan fingerprint density at radius 1 is 0.714 bits per heavy atom. The molecule has 0 saturated carbocycles. The van der Waals surface area contributed by atoms with Gasteiger partial charge in [-0.1, -0.05) is 91.3 Å². The topological polar surface area (TPSA) is 30.7 Å². The van der Waals surface area contributed by atoms with Crippen LogP contribution >= 0.6 is 15.9 Å². The van der Waals surface area contributed by atoms with E-state index >= 15 is 0 Å². The molecule has 0 amide bonds. The summed E-state index contributed by atoms with van der Waals surface area (Å²) in [6, 6.07) is 27.0. The van der Waals surface area contributed by atoms with Gasteiger partial charge in [-0.3, -0.25) is 4.57 Å². The van der Waals surface area contributed by atoms with Crippen molar-refractivity contribution in [1.29, 1.82) is 0 Å². The summed E-state index contributed by atoms with van der Waals surface area (Å²) in [5, 5.41) is 9.10. The van der Waals surface area contributed by atoms with Crippen molar-refractivity contribution >= 4 is 15.9 Å². The average molecular weight is 432 g/mol. The average Bonchev–Trinajstić information content (AvgIpc) is 3.13. The molecule has 0 unspecified atom stereocenters. The molecule has 0 radical (unpaired) electrons. The van der Waals surface area contributed by atoms with Crippen LogP contribution in [-0.4, -0.2) is 14.8 Å². The lowest BCUT2D eigenvalue weighted by molar-refractivity contribution is 0.590. The van der Waals surface area contributed by atoms with Gasteiger partial charge in [0.25, 0.3) is 0 Å². The minimum absolute atomic E-state index is 0.118. The van der Waals surface area contributed by atoms with Crippen LogP contribution in [0.4, 0.5) is 0 Å². The monoisotopic (exact) mass is 431 g/mol. The van der Waals surface area contributed by atoms with E-state index in [4.69, 9.17) is 0 Å². The lowest BCUT2D eigenvalue weighted by Gasteiger charge is -2.19. The summed E-state index contributed by atoms with van der Waals surface area (Å²) in [4.78, 5) is 0. The predicted molar refractivity (Wildman–Crippen MR) is 119 cm³/mol. The zero-order valence-corrected chi connectivity index (χ0v) is 17.8. The van der Waals surface area contributed by atoms with Crippen molar-refractivity contribution in [2.75, 3.05) is 0 Å². The molecule has 0 fully saturated rings. The Labute approximate surface area is 174 Å². The van der Waals surface area contributed by atoms with Gasteiger partial charge in [-0.05, 0) is 35.2 Å². The van der Waals surface area contributed by atoms with E-state index < -0.39 is 0 Å². The molecule has 1 aromatic heterocycles. The van der Waals surface area contributed by atoms with Crippen molar-refractivity contribution in [3.05, 3.63) is 88.9 Å². The number of benzene rings is 3. The van der Waals surface area contributed by atoms with E-state index in [-0.39, 0.29) is 5.41 Å². The van der Waals surface area contributed by atoms with Crippen LogP contribution in [0.1, 0.15) is 26.3 Å². The van der Waals surface area contributed by atoms with Crippen LogP contribution in [0.15, 0.2) is 83.3 Å². The van der Waals surface area contributed by atoms with E-state index in [0.29, 0.717) is 0 Å². The molecule has 4 heteroatoms. The highest BCUT2D eigenvalue weighted by Gasteiger charge is 2.18. The molecule has 0 aliphatic carbocycles. The van der Waals surface area contributed by atoms with Gasteiger partial charge in [-0.25, -0.2) is 0 Å². The summed E-state index contributed by atoms with van der Waals surface area (Å²) in [5.74, 6) is 1.66. The maximum atomic E-state index is 4.56. The van der Waals surface area contributed by atoms with Gasteiger partial charge in [0.05, 0.1) is 0 Å². The van der Waals surface area contributed by atoms with Crippen molar-refractivity contribution in [3.8, 4) is 28.5 Å². The Bertz CT molecular complexity index is 1090. The summed E-state index contributed by atoms with van der Waals surface area (Å²) >= 11 is 3.56. The van der Waals surface area contributed by atoms with Crippen molar-refractivity contribution in [1.82, 2.24) is 14.8 Å². The molecule has 0 spiro atoms. The normalized spacial score (nSPS) is 11.6. The fraction of sp³-hybridized carbons (Fsp3) is 0.167. The molecule has 0 aliphatic rings. The van der Waals surface area contributed by atoms with Gasteiger partial charge in [-0.15, -0.1) is 10.2 Å². The highest BCUT2D eigenvalue weighted by Crippen LogP contribution is 2.31. The number of hydrogen-bond donors (Lipinski definition) is 0. The Morgan fingerprint density at radius 2 is 1.36 bits per heavy atom. The summed E-state index contributed by atoms with van der Waals surface area (Å²) < 4.78 is 3.14. The molecule has 4 rings (SSSR count). The van der Waals surface area contributed by atoms with Crippen LogP contribution in [0.2, 0.25) is 0 Å². The van der Waals surface area contributed by atoms with Crippen molar-refractivity contribution < 1.29 is 0 Å². The van der Waals surface area contributed by atoms with E-state index in [1.165, 1.54) is 5.56 Å². The van der Waals surface area contributed by atoms with Crippen LogP contribution in [0.25, 0.3) is 28.5 Å². The van der Waals surface area contributed by atoms with Crippen molar-refractivity contribution in [3.63, 3.8) is 0 Å². The van der Waals surface area contributed by atoms with E-state index in [1.807, 2.05) is 30.3 Å². The summed E-state index contributed by atoms with van der Waals surface area (Å²) in [7, 11) is 0. The first kappa shape index (κ1) is 18.6.